The van der Waals surface area contributed by atoms with Gasteiger partial charge in [0.25, 0.3) is 0 Å². The molecular formula is C16H27BrOSi. The molecule has 1 rings (SSSR count). The molecule has 0 spiro atoms. The predicted octanol–water partition coefficient (Wildman–Crippen LogP) is 5.74. The van der Waals surface area contributed by atoms with E-state index in [1.54, 1.807) is 0 Å². The second-order valence-electron chi connectivity index (χ2n) is 6.58. The van der Waals surface area contributed by atoms with Gasteiger partial charge in [0.1, 0.15) is 0 Å². The summed E-state index contributed by atoms with van der Waals surface area (Å²) in [6.07, 6.45) is 0. The van der Waals surface area contributed by atoms with Gasteiger partial charge in [0.15, 0.2) is 8.32 Å². The van der Waals surface area contributed by atoms with E-state index in [9.17, 15) is 0 Å². The second kappa shape index (κ2) is 6.55. The molecule has 0 bridgehead atoms. The number of hydrogen-bond acceptors (Lipinski definition) is 1. The Morgan fingerprint density at radius 3 is 2.16 bits per heavy atom. The molecule has 0 N–H and O–H groups in total. The fourth-order valence-corrected chi connectivity index (χ4v) is 4.79. The van der Waals surface area contributed by atoms with Crippen LogP contribution in [0.25, 0.3) is 0 Å². The predicted molar refractivity (Wildman–Crippen MR) is 90.2 cm³/mol. The molecule has 108 valence electrons. The summed E-state index contributed by atoms with van der Waals surface area (Å²) < 4.78 is 6.40. The first-order valence-corrected chi connectivity index (χ1v) is 11.0. The fraction of sp³-hybridized carbons (Fsp3) is 0.625. The third-order valence-corrected chi connectivity index (χ3v) is 10.00. The van der Waals surface area contributed by atoms with Crippen LogP contribution in [0.1, 0.15) is 38.8 Å². The summed E-state index contributed by atoms with van der Waals surface area (Å²) >= 11 is 3.55. The van der Waals surface area contributed by atoms with E-state index < -0.39 is 8.32 Å². The molecule has 0 aromatic heterocycles. The molecule has 0 unspecified atom stereocenters. The van der Waals surface area contributed by atoms with Crippen molar-refractivity contribution in [2.45, 2.75) is 57.8 Å². The Balaban J connectivity index is 2.80. The van der Waals surface area contributed by atoms with Gasteiger partial charge in [0, 0.05) is 5.33 Å². The Labute approximate surface area is 128 Å². The second-order valence-corrected chi connectivity index (χ2v) is 11.7. The van der Waals surface area contributed by atoms with E-state index in [1.807, 2.05) is 0 Å². The molecular weight excluding hydrogens is 316 g/mol. The van der Waals surface area contributed by atoms with Gasteiger partial charge in [0.05, 0.1) is 6.61 Å². The smallest absolute Gasteiger partial charge is 0.193 e. The molecule has 19 heavy (non-hydrogen) atoms. The molecule has 1 aromatic carbocycles. The van der Waals surface area contributed by atoms with Crippen LogP contribution in [0, 0.1) is 5.92 Å². The summed E-state index contributed by atoms with van der Waals surface area (Å²) in [4.78, 5) is 0. The zero-order chi connectivity index (χ0) is 14.7. The SMILES string of the molecule is CC(C)C(C)(C)[Si](C)(C)OCc1ccccc1CBr. The third-order valence-electron chi connectivity index (χ3n) is 4.85. The lowest BCUT2D eigenvalue weighted by atomic mass is 9.99. The van der Waals surface area contributed by atoms with Gasteiger partial charge in [-0.2, -0.15) is 0 Å². The highest BCUT2D eigenvalue weighted by atomic mass is 79.9. The summed E-state index contributed by atoms with van der Waals surface area (Å²) in [5.74, 6) is 0.639. The average Bonchev–Trinajstić information content (AvgIpc) is 2.36. The standard InChI is InChI=1S/C16H27BrOSi/c1-13(2)16(3,4)19(5,6)18-12-15-10-8-7-9-14(15)11-17/h7-10,13H,11-12H2,1-6H3. The van der Waals surface area contributed by atoms with E-state index in [1.165, 1.54) is 11.1 Å². The van der Waals surface area contributed by atoms with Crippen molar-refractivity contribution in [2.24, 2.45) is 5.92 Å². The molecule has 3 heteroatoms. The van der Waals surface area contributed by atoms with Gasteiger partial charge < -0.3 is 4.43 Å². The minimum atomic E-state index is -1.73. The Morgan fingerprint density at radius 2 is 1.68 bits per heavy atom. The molecule has 0 saturated carbocycles. The number of halogens is 1. The lowest BCUT2D eigenvalue weighted by Gasteiger charge is -2.42. The van der Waals surface area contributed by atoms with Crippen LogP contribution < -0.4 is 0 Å². The molecule has 0 aliphatic heterocycles. The van der Waals surface area contributed by atoms with E-state index in [0.29, 0.717) is 5.92 Å². The summed E-state index contributed by atoms with van der Waals surface area (Å²) in [5, 5.41) is 1.17. The van der Waals surface area contributed by atoms with Gasteiger partial charge in [-0.1, -0.05) is 67.9 Å². The van der Waals surface area contributed by atoms with Crippen molar-refractivity contribution < 1.29 is 4.43 Å². The van der Waals surface area contributed by atoms with Crippen molar-refractivity contribution in [2.75, 3.05) is 0 Å². The van der Waals surface area contributed by atoms with Crippen molar-refractivity contribution in [1.29, 1.82) is 0 Å². The van der Waals surface area contributed by atoms with Crippen LogP contribution in [0.4, 0.5) is 0 Å². The molecule has 0 fully saturated rings. The summed E-state index contributed by atoms with van der Waals surface area (Å²) in [6.45, 7) is 14.7. The van der Waals surface area contributed by atoms with Crippen LogP contribution in [0.5, 0.6) is 0 Å². The lowest BCUT2D eigenvalue weighted by molar-refractivity contribution is 0.256. The van der Waals surface area contributed by atoms with Gasteiger partial charge in [-0.05, 0) is 35.2 Å². The van der Waals surface area contributed by atoms with Crippen LogP contribution in [0.2, 0.25) is 18.1 Å². The largest absolute Gasteiger partial charge is 0.413 e. The van der Waals surface area contributed by atoms with E-state index in [0.717, 1.165) is 11.9 Å². The van der Waals surface area contributed by atoms with Crippen LogP contribution in [-0.4, -0.2) is 8.32 Å². The van der Waals surface area contributed by atoms with Crippen molar-refractivity contribution >= 4 is 24.2 Å². The number of rotatable bonds is 6. The first-order valence-electron chi connectivity index (χ1n) is 6.99. The third kappa shape index (κ3) is 3.93. The van der Waals surface area contributed by atoms with Crippen LogP contribution in [0.15, 0.2) is 24.3 Å². The van der Waals surface area contributed by atoms with Gasteiger partial charge in [-0.3, -0.25) is 0 Å². The minimum Gasteiger partial charge on any atom is -0.413 e. The summed E-state index contributed by atoms with van der Waals surface area (Å²) in [7, 11) is -1.73. The quantitative estimate of drug-likeness (QED) is 0.473. The van der Waals surface area contributed by atoms with Crippen LogP contribution in [0.3, 0.4) is 0 Å². The first kappa shape index (κ1) is 16.9. The molecule has 0 atom stereocenters. The van der Waals surface area contributed by atoms with Crippen molar-refractivity contribution in [1.82, 2.24) is 0 Å². The van der Waals surface area contributed by atoms with Crippen LogP contribution >= 0.6 is 15.9 Å². The van der Waals surface area contributed by atoms with Gasteiger partial charge in [0.2, 0.25) is 0 Å². The maximum absolute atomic E-state index is 6.40. The Hall–Kier alpha value is -0.123. The summed E-state index contributed by atoms with van der Waals surface area (Å²) in [6, 6.07) is 8.51. The zero-order valence-corrected chi connectivity index (χ0v) is 15.7. The maximum Gasteiger partial charge on any atom is 0.193 e. The molecule has 0 radical (unpaired) electrons. The highest BCUT2D eigenvalue weighted by Crippen LogP contribution is 2.44. The normalized spacial score (nSPS) is 13.1. The number of alkyl halides is 1. The topological polar surface area (TPSA) is 9.23 Å². The number of benzene rings is 1. The zero-order valence-electron chi connectivity index (χ0n) is 13.1. The molecule has 0 amide bonds. The lowest BCUT2D eigenvalue weighted by Crippen LogP contribution is -2.45. The Morgan fingerprint density at radius 1 is 1.16 bits per heavy atom. The highest BCUT2D eigenvalue weighted by molar-refractivity contribution is 9.08. The maximum atomic E-state index is 6.40. The molecule has 1 aromatic rings. The minimum absolute atomic E-state index is 0.274. The van der Waals surface area contributed by atoms with E-state index in [-0.39, 0.29) is 5.04 Å². The monoisotopic (exact) mass is 342 g/mol. The molecule has 0 aliphatic carbocycles. The van der Waals surface area contributed by atoms with Gasteiger partial charge in [-0.15, -0.1) is 0 Å². The molecule has 0 aliphatic rings. The Kier molecular flexibility index (Phi) is 5.84. The van der Waals surface area contributed by atoms with E-state index >= 15 is 0 Å². The Bertz CT molecular complexity index is 413. The van der Waals surface area contributed by atoms with Crippen molar-refractivity contribution in [3.63, 3.8) is 0 Å². The van der Waals surface area contributed by atoms with Crippen LogP contribution in [-0.2, 0) is 16.4 Å². The molecule has 0 saturated heterocycles. The van der Waals surface area contributed by atoms with Crippen molar-refractivity contribution in [3.05, 3.63) is 35.4 Å². The van der Waals surface area contributed by atoms with E-state index in [2.05, 4.69) is 81.0 Å². The van der Waals surface area contributed by atoms with Gasteiger partial charge in [-0.25, -0.2) is 0 Å². The average molecular weight is 343 g/mol. The van der Waals surface area contributed by atoms with E-state index in [4.69, 9.17) is 4.43 Å². The fourth-order valence-electron chi connectivity index (χ4n) is 1.97. The van der Waals surface area contributed by atoms with Crippen molar-refractivity contribution in [3.8, 4) is 0 Å². The first-order chi connectivity index (χ1) is 8.72. The summed E-state index contributed by atoms with van der Waals surface area (Å²) in [5.41, 5.74) is 2.63. The van der Waals surface area contributed by atoms with Gasteiger partial charge >= 0.3 is 0 Å². The highest BCUT2D eigenvalue weighted by Gasteiger charge is 2.43. The molecule has 0 heterocycles. The molecule has 1 nitrogen and oxygen atoms in total. The number of hydrogen-bond donors (Lipinski definition) is 0.